The number of aliphatic hydroxyl groups excluding tert-OH is 2. The predicted octanol–water partition coefficient (Wildman–Crippen LogP) is 5.30. The lowest BCUT2D eigenvalue weighted by atomic mass is 9.61. The first kappa shape index (κ1) is 21.8. The Balaban J connectivity index is 1.49. The molecule has 4 rings (SSSR count). The number of fused-ring (bicyclic) bond motifs is 1. The Labute approximate surface area is 181 Å². The summed E-state index contributed by atoms with van der Waals surface area (Å²) in [6.07, 6.45) is 16.5. The molecule has 4 aliphatic rings. The number of carbonyl (C=O) groups excluding carboxylic acids is 1. The van der Waals surface area contributed by atoms with E-state index in [4.69, 9.17) is 0 Å². The van der Waals surface area contributed by atoms with E-state index < -0.39 is 12.2 Å². The topological polar surface area (TPSA) is 57.5 Å². The first-order valence-electron chi connectivity index (χ1n) is 12.0. The summed E-state index contributed by atoms with van der Waals surface area (Å²) >= 11 is 0. The molecular weight excluding hydrogens is 372 g/mol. The van der Waals surface area contributed by atoms with Gasteiger partial charge in [-0.15, -0.1) is 0 Å². The Morgan fingerprint density at radius 1 is 1.20 bits per heavy atom. The van der Waals surface area contributed by atoms with Crippen molar-refractivity contribution >= 4 is 5.78 Å². The van der Waals surface area contributed by atoms with Crippen LogP contribution in [0.4, 0.5) is 0 Å². The molecule has 4 saturated carbocycles. The van der Waals surface area contributed by atoms with Crippen LogP contribution in [0.2, 0.25) is 0 Å². The van der Waals surface area contributed by atoms with Crippen LogP contribution in [-0.4, -0.2) is 28.2 Å². The lowest BCUT2D eigenvalue weighted by Crippen LogP contribution is -2.35. The van der Waals surface area contributed by atoms with Gasteiger partial charge in [0.05, 0.1) is 12.2 Å². The van der Waals surface area contributed by atoms with E-state index in [1.807, 2.05) is 6.08 Å². The van der Waals surface area contributed by atoms with Crippen molar-refractivity contribution in [1.82, 2.24) is 0 Å². The van der Waals surface area contributed by atoms with Crippen LogP contribution in [0.1, 0.15) is 71.6 Å². The van der Waals surface area contributed by atoms with Crippen LogP contribution >= 0.6 is 0 Å². The monoisotopic (exact) mass is 410 g/mol. The highest BCUT2D eigenvalue weighted by molar-refractivity contribution is 5.93. The highest BCUT2D eigenvalue weighted by Crippen LogP contribution is 2.59. The fraction of sp³-hybridized carbons (Fsp3) is 0.667. The zero-order valence-electron chi connectivity index (χ0n) is 18.6. The van der Waals surface area contributed by atoms with Crippen molar-refractivity contribution in [3.63, 3.8) is 0 Å². The van der Waals surface area contributed by atoms with Crippen molar-refractivity contribution in [3.05, 3.63) is 47.6 Å². The molecule has 5 unspecified atom stereocenters. The molecule has 0 saturated heterocycles. The number of carbonyl (C=O) groups is 1. The number of hydrogen-bond donors (Lipinski definition) is 2. The van der Waals surface area contributed by atoms with E-state index in [9.17, 15) is 15.0 Å². The second-order valence-corrected chi connectivity index (χ2v) is 10.6. The van der Waals surface area contributed by atoms with Crippen LogP contribution in [0.15, 0.2) is 47.6 Å². The highest BCUT2D eigenvalue weighted by Gasteiger charge is 2.50. The van der Waals surface area contributed by atoms with E-state index in [1.165, 1.54) is 31.3 Å². The summed E-state index contributed by atoms with van der Waals surface area (Å²) in [5, 5.41) is 20.1. The lowest BCUT2D eigenvalue weighted by molar-refractivity contribution is -0.115. The average molecular weight is 411 g/mol. The van der Waals surface area contributed by atoms with E-state index in [2.05, 4.69) is 38.7 Å². The second kappa shape index (κ2) is 8.59. The standard InChI is InChI=1S/C27H38O3/c1-17(6-13-25(29)20-8-9-20)23-11-12-24-19(5-4-14-27(23,24)3)7-10-21-15-22(28)16-26(30)18(21)2/h6-7,10,13,17,20,22-24,26,28,30H,2,4-5,8-9,11-12,14-16H2,1,3H3/t17?,22?,23?,24?,26?,27-/m1/s1. The normalized spacial score (nSPS) is 40.9. The van der Waals surface area contributed by atoms with E-state index in [1.54, 1.807) is 0 Å². The van der Waals surface area contributed by atoms with Crippen molar-refractivity contribution in [2.45, 2.75) is 83.8 Å². The number of hydrogen-bond acceptors (Lipinski definition) is 3. The van der Waals surface area contributed by atoms with E-state index in [0.29, 0.717) is 42.3 Å². The average Bonchev–Trinajstić information content (AvgIpc) is 3.49. The zero-order valence-corrected chi connectivity index (χ0v) is 18.6. The third kappa shape index (κ3) is 4.29. The molecule has 0 amide bonds. The third-order valence-electron chi connectivity index (χ3n) is 8.48. The molecule has 30 heavy (non-hydrogen) atoms. The fourth-order valence-electron chi connectivity index (χ4n) is 6.49. The lowest BCUT2D eigenvalue weighted by Gasteiger charge is -2.44. The smallest absolute Gasteiger partial charge is 0.158 e. The Morgan fingerprint density at radius 3 is 2.70 bits per heavy atom. The van der Waals surface area contributed by atoms with Gasteiger partial charge in [-0.1, -0.05) is 44.2 Å². The van der Waals surface area contributed by atoms with Gasteiger partial charge in [0.1, 0.15) is 0 Å². The van der Waals surface area contributed by atoms with Gasteiger partial charge in [0, 0.05) is 12.3 Å². The molecule has 0 bridgehead atoms. The van der Waals surface area contributed by atoms with Crippen LogP contribution in [0.25, 0.3) is 0 Å². The minimum absolute atomic E-state index is 0.289. The maximum Gasteiger partial charge on any atom is 0.158 e. The molecule has 3 heteroatoms. The molecule has 3 nitrogen and oxygen atoms in total. The van der Waals surface area contributed by atoms with Gasteiger partial charge < -0.3 is 10.2 Å². The molecule has 0 aromatic heterocycles. The summed E-state index contributed by atoms with van der Waals surface area (Å²) in [7, 11) is 0. The van der Waals surface area contributed by atoms with Crippen molar-refractivity contribution < 1.29 is 15.0 Å². The highest BCUT2D eigenvalue weighted by atomic mass is 16.3. The molecule has 4 fully saturated rings. The van der Waals surface area contributed by atoms with Crippen LogP contribution in [0, 0.1) is 29.1 Å². The number of rotatable bonds is 5. The zero-order chi connectivity index (χ0) is 21.5. The molecule has 0 aromatic rings. The predicted molar refractivity (Wildman–Crippen MR) is 121 cm³/mol. The van der Waals surface area contributed by atoms with Gasteiger partial charge in [-0.05, 0) is 91.8 Å². The van der Waals surface area contributed by atoms with Gasteiger partial charge in [0.25, 0.3) is 0 Å². The Morgan fingerprint density at radius 2 is 1.97 bits per heavy atom. The van der Waals surface area contributed by atoms with Gasteiger partial charge in [0.15, 0.2) is 5.78 Å². The van der Waals surface area contributed by atoms with Crippen molar-refractivity contribution in [1.29, 1.82) is 0 Å². The molecule has 164 valence electrons. The van der Waals surface area contributed by atoms with Gasteiger partial charge in [-0.3, -0.25) is 4.79 Å². The quantitative estimate of drug-likeness (QED) is 0.605. The fourth-order valence-corrected chi connectivity index (χ4v) is 6.49. The largest absolute Gasteiger partial charge is 0.393 e. The Kier molecular flexibility index (Phi) is 6.23. The Hall–Kier alpha value is -1.45. The van der Waals surface area contributed by atoms with E-state index in [0.717, 1.165) is 30.4 Å². The van der Waals surface area contributed by atoms with E-state index in [-0.39, 0.29) is 5.41 Å². The van der Waals surface area contributed by atoms with Crippen molar-refractivity contribution in [3.8, 4) is 0 Å². The van der Waals surface area contributed by atoms with Gasteiger partial charge in [0.2, 0.25) is 0 Å². The van der Waals surface area contributed by atoms with Crippen molar-refractivity contribution in [2.75, 3.05) is 0 Å². The van der Waals surface area contributed by atoms with Gasteiger partial charge >= 0.3 is 0 Å². The van der Waals surface area contributed by atoms with Crippen molar-refractivity contribution in [2.24, 2.45) is 29.1 Å². The SMILES string of the molecule is C=C1C(=CC=C2CCC[C@@]3(C)C2CCC3C(C)C=CC(=O)C2CC2)CC(O)CC1O. The minimum Gasteiger partial charge on any atom is -0.393 e. The summed E-state index contributed by atoms with van der Waals surface area (Å²) in [6.45, 7) is 8.81. The maximum atomic E-state index is 12.1. The maximum absolute atomic E-state index is 12.1. The van der Waals surface area contributed by atoms with Crippen LogP contribution in [0.3, 0.4) is 0 Å². The second-order valence-electron chi connectivity index (χ2n) is 10.6. The number of ketones is 1. The summed E-state index contributed by atoms with van der Waals surface area (Å²) in [6, 6.07) is 0. The summed E-state index contributed by atoms with van der Waals surface area (Å²) < 4.78 is 0. The molecule has 6 atom stereocenters. The third-order valence-corrected chi connectivity index (χ3v) is 8.48. The summed E-state index contributed by atoms with van der Waals surface area (Å²) in [5.74, 6) is 2.28. The minimum atomic E-state index is -0.628. The number of allylic oxidation sites excluding steroid dienone is 5. The molecule has 4 aliphatic carbocycles. The first-order chi connectivity index (χ1) is 14.3. The van der Waals surface area contributed by atoms with Gasteiger partial charge in [-0.25, -0.2) is 0 Å². The molecule has 0 aliphatic heterocycles. The molecular formula is C27H38O3. The molecule has 0 aromatic carbocycles. The molecule has 0 heterocycles. The summed E-state index contributed by atoms with van der Waals surface area (Å²) in [5.41, 5.74) is 3.56. The van der Waals surface area contributed by atoms with Gasteiger partial charge in [-0.2, -0.15) is 0 Å². The van der Waals surface area contributed by atoms with E-state index >= 15 is 0 Å². The summed E-state index contributed by atoms with van der Waals surface area (Å²) in [4.78, 5) is 12.1. The van der Waals surface area contributed by atoms with Crippen LogP contribution < -0.4 is 0 Å². The number of aliphatic hydroxyl groups is 2. The Bertz CT molecular complexity index is 784. The molecule has 0 radical (unpaired) electrons. The van der Waals surface area contributed by atoms with Crippen LogP contribution in [0.5, 0.6) is 0 Å². The molecule has 0 spiro atoms. The first-order valence-corrected chi connectivity index (χ1v) is 12.0. The molecule has 2 N–H and O–H groups in total. The van der Waals surface area contributed by atoms with Crippen LogP contribution in [-0.2, 0) is 4.79 Å².